The van der Waals surface area contributed by atoms with Gasteiger partial charge in [0.1, 0.15) is 0 Å². The number of amides is 1. The van der Waals surface area contributed by atoms with Crippen molar-refractivity contribution in [2.24, 2.45) is 0 Å². The van der Waals surface area contributed by atoms with Crippen molar-refractivity contribution in [1.29, 1.82) is 0 Å². The van der Waals surface area contributed by atoms with Gasteiger partial charge in [0.2, 0.25) is 0 Å². The highest BCUT2D eigenvalue weighted by molar-refractivity contribution is 9.10. The molecule has 1 heterocycles. The van der Waals surface area contributed by atoms with Gasteiger partial charge < -0.3 is 0 Å². The monoisotopic (exact) mass is 247 g/mol. The Bertz CT molecular complexity index is 545. The van der Waals surface area contributed by atoms with Gasteiger partial charge in [-0.05, 0) is 17.5 Å². The van der Waals surface area contributed by atoms with E-state index in [1.807, 2.05) is 36.4 Å². The third-order valence-electron chi connectivity index (χ3n) is 2.50. The van der Waals surface area contributed by atoms with Crippen molar-refractivity contribution in [3.63, 3.8) is 0 Å². The van der Waals surface area contributed by atoms with Crippen LogP contribution < -0.4 is 3.93 Å². The number of rotatable bonds is 0. The van der Waals surface area contributed by atoms with Crippen LogP contribution in [0, 0.1) is 0 Å². The molecule has 3 heteroatoms. The maximum atomic E-state index is 11.8. The topological polar surface area (TPSA) is 20.3 Å². The molecule has 1 aliphatic heterocycles. The fourth-order valence-corrected chi connectivity index (χ4v) is 2.36. The first-order valence-corrected chi connectivity index (χ1v) is 5.02. The molecule has 0 fully saturated rings. The molecule has 1 aliphatic rings. The average Bonchev–Trinajstić information content (AvgIpc) is 2.47. The van der Waals surface area contributed by atoms with Gasteiger partial charge in [-0.15, -0.1) is 0 Å². The van der Waals surface area contributed by atoms with E-state index < -0.39 is 0 Å². The molecule has 68 valence electrons. The zero-order valence-electron chi connectivity index (χ0n) is 7.20. The molecule has 0 spiro atoms. The SMILES string of the molecule is O=C1c2cccc3cccc(c23)N1Br. The average molecular weight is 248 g/mol. The Morgan fingerprint density at radius 2 is 1.79 bits per heavy atom. The summed E-state index contributed by atoms with van der Waals surface area (Å²) in [5, 5.41) is 2.15. The van der Waals surface area contributed by atoms with Crippen LogP contribution >= 0.6 is 16.1 Å². The van der Waals surface area contributed by atoms with E-state index in [0.29, 0.717) is 0 Å². The number of nitrogens with zero attached hydrogens (tertiary/aromatic N) is 1. The molecule has 1 amide bonds. The van der Waals surface area contributed by atoms with Crippen molar-refractivity contribution in [1.82, 2.24) is 0 Å². The molecule has 0 saturated carbocycles. The van der Waals surface area contributed by atoms with Gasteiger partial charge in [-0.25, -0.2) is 3.93 Å². The second kappa shape index (κ2) is 2.58. The normalized spacial score (nSPS) is 14.1. The minimum atomic E-state index is 0.0109. The fourth-order valence-electron chi connectivity index (χ4n) is 1.88. The van der Waals surface area contributed by atoms with Gasteiger partial charge in [0.15, 0.2) is 0 Å². The molecule has 2 aromatic carbocycles. The van der Waals surface area contributed by atoms with Crippen LogP contribution in [0.2, 0.25) is 0 Å². The van der Waals surface area contributed by atoms with Crippen molar-refractivity contribution in [2.75, 3.05) is 3.93 Å². The summed E-state index contributed by atoms with van der Waals surface area (Å²) in [5.74, 6) is 0.0109. The first-order valence-electron chi connectivity index (χ1n) is 4.31. The lowest BCUT2D eigenvalue weighted by molar-refractivity contribution is 0.101. The number of anilines is 1. The van der Waals surface area contributed by atoms with Crippen LogP contribution in [-0.4, -0.2) is 5.91 Å². The maximum absolute atomic E-state index is 11.8. The summed E-state index contributed by atoms with van der Waals surface area (Å²) >= 11 is 3.26. The van der Waals surface area contributed by atoms with Crippen molar-refractivity contribution in [2.45, 2.75) is 0 Å². The fraction of sp³-hybridized carbons (Fsp3) is 0. The molecule has 0 aliphatic carbocycles. The second-order valence-electron chi connectivity index (χ2n) is 3.27. The van der Waals surface area contributed by atoms with Gasteiger partial charge in [0, 0.05) is 5.39 Å². The van der Waals surface area contributed by atoms with Crippen LogP contribution in [0.3, 0.4) is 0 Å². The Hall–Kier alpha value is -1.35. The maximum Gasteiger partial charge on any atom is 0.269 e. The molecule has 14 heavy (non-hydrogen) atoms. The molecule has 0 atom stereocenters. The molecule has 0 unspecified atom stereocenters. The highest BCUT2D eigenvalue weighted by Crippen LogP contribution is 2.38. The van der Waals surface area contributed by atoms with Crippen LogP contribution in [-0.2, 0) is 0 Å². The van der Waals surface area contributed by atoms with Crippen molar-refractivity contribution < 1.29 is 4.79 Å². The van der Waals surface area contributed by atoms with Gasteiger partial charge in [0.25, 0.3) is 5.91 Å². The number of benzene rings is 2. The number of halogens is 1. The van der Waals surface area contributed by atoms with E-state index >= 15 is 0 Å². The summed E-state index contributed by atoms with van der Waals surface area (Å²) in [6.07, 6.45) is 0. The van der Waals surface area contributed by atoms with E-state index in [1.165, 1.54) is 3.93 Å². The summed E-state index contributed by atoms with van der Waals surface area (Å²) in [4.78, 5) is 11.8. The van der Waals surface area contributed by atoms with Gasteiger partial charge >= 0.3 is 0 Å². The Labute approximate surface area is 89.5 Å². The first-order chi connectivity index (χ1) is 6.79. The lowest BCUT2D eigenvalue weighted by atomic mass is 10.1. The molecule has 0 N–H and O–H groups in total. The smallest absolute Gasteiger partial charge is 0.268 e. The molecule has 0 saturated heterocycles. The Morgan fingerprint density at radius 1 is 1.07 bits per heavy atom. The van der Waals surface area contributed by atoms with Crippen LogP contribution in [0.5, 0.6) is 0 Å². The van der Waals surface area contributed by atoms with E-state index in [2.05, 4.69) is 16.1 Å². The van der Waals surface area contributed by atoms with Crippen LogP contribution in [0.4, 0.5) is 5.69 Å². The number of carbonyl (C=O) groups excluding carboxylic acids is 1. The molecule has 0 aromatic heterocycles. The Balaban J connectivity index is 2.55. The molecule has 0 radical (unpaired) electrons. The second-order valence-corrected chi connectivity index (χ2v) is 3.98. The summed E-state index contributed by atoms with van der Waals surface area (Å²) in [7, 11) is 0. The molecule has 0 bridgehead atoms. The van der Waals surface area contributed by atoms with E-state index in [-0.39, 0.29) is 5.91 Å². The van der Waals surface area contributed by atoms with Crippen molar-refractivity contribution in [3.8, 4) is 0 Å². The van der Waals surface area contributed by atoms with Gasteiger partial charge in [-0.1, -0.05) is 24.3 Å². The molecule has 2 nitrogen and oxygen atoms in total. The summed E-state index contributed by atoms with van der Waals surface area (Å²) < 4.78 is 1.52. The highest BCUT2D eigenvalue weighted by atomic mass is 79.9. The van der Waals surface area contributed by atoms with E-state index in [9.17, 15) is 4.79 Å². The third kappa shape index (κ3) is 0.826. The number of hydrogen-bond donors (Lipinski definition) is 0. The van der Waals surface area contributed by atoms with Crippen molar-refractivity contribution >= 4 is 38.5 Å². The summed E-state index contributed by atoms with van der Waals surface area (Å²) in [6, 6.07) is 11.7. The van der Waals surface area contributed by atoms with Crippen molar-refractivity contribution in [3.05, 3.63) is 42.0 Å². The largest absolute Gasteiger partial charge is 0.269 e. The number of carbonyl (C=O) groups is 1. The lowest BCUT2D eigenvalue weighted by Crippen LogP contribution is -2.13. The minimum Gasteiger partial charge on any atom is -0.268 e. The zero-order chi connectivity index (χ0) is 9.71. The molecule has 3 rings (SSSR count). The summed E-state index contributed by atoms with van der Waals surface area (Å²) in [6.45, 7) is 0. The van der Waals surface area contributed by atoms with E-state index in [4.69, 9.17) is 0 Å². The number of hydrogen-bond acceptors (Lipinski definition) is 1. The van der Waals surface area contributed by atoms with Crippen LogP contribution in [0.1, 0.15) is 10.4 Å². The van der Waals surface area contributed by atoms with Gasteiger partial charge in [-0.3, -0.25) is 4.79 Å². The standard InChI is InChI=1S/C11H6BrNO/c12-13-9-6-2-4-7-3-1-5-8(10(7)9)11(13)14/h1-6H. The van der Waals surface area contributed by atoms with Crippen LogP contribution in [0.25, 0.3) is 10.8 Å². The lowest BCUT2D eigenvalue weighted by Gasteiger charge is -2.05. The summed E-state index contributed by atoms with van der Waals surface area (Å²) in [5.41, 5.74) is 1.71. The third-order valence-corrected chi connectivity index (χ3v) is 3.21. The molecule has 2 aromatic rings. The van der Waals surface area contributed by atoms with Gasteiger partial charge in [0.05, 0.1) is 27.4 Å². The highest BCUT2D eigenvalue weighted by Gasteiger charge is 2.27. The quantitative estimate of drug-likeness (QED) is 0.656. The predicted molar refractivity (Wildman–Crippen MR) is 59.7 cm³/mol. The van der Waals surface area contributed by atoms with E-state index in [1.54, 1.807) is 0 Å². The van der Waals surface area contributed by atoms with Crippen LogP contribution in [0.15, 0.2) is 36.4 Å². The Morgan fingerprint density at radius 3 is 2.57 bits per heavy atom. The van der Waals surface area contributed by atoms with Gasteiger partial charge in [-0.2, -0.15) is 0 Å². The Kier molecular flexibility index (Phi) is 1.47. The first kappa shape index (κ1) is 8.00. The zero-order valence-corrected chi connectivity index (χ0v) is 8.78. The van der Waals surface area contributed by atoms with E-state index in [0.717, 1.165) is 22.0 Å². The predicted octanol–water partition coefficient (Wildman–Crippen LogP) is 3.11. The molecular weight excluding hydrogens is 242 g/mol. The minimum absolute atomic E-state index is 0.0109. The molecular formula is C11H6BrNO.